The third-order valence-electron chi connectivity index (χ3n) is 1.79. The predicted octanol–water partition coefficient (Wildman–Crippen LogP) is 0.147. The highest BCUT2D eigenvalue weighted by atomic mass is 16.5. The van der Waals surface area contributed by atoms with Crippen LogP contribution in [0.5, 0.6) is 0 Å². The molecule has 76 valence electrons. The van der Waals surface area contributed by atoms with Crippen LogP contribution in [-0.4, -0.2) is 12.5 Å². The van der Waals surface area contributed by atoms with Gasteiger partial charge in [-0.3, -0.25) is 4.79 Å². The largest absolute Gasteiger partial charge is 0.460 e. The fourth-order valence-electron chi connectivity index (χ4n) is 1.07. The Bertz CT molecular complexity index is 313. The summed E-state index contributed by atoms with van der Waals surface area (Å²) in [5, 5.41) is 0. The molecule has 1 rings (SSSR count). The molecule has 1 aromatic rings. The molecule has 0 aliphatic rings. The molecule has 0 spiro atoms. The summed E-state index contributed by atoms with van der Waals surface area (Å²) in [6, 6.07) is 7.59. The summed E-state index contributed by atoms with van der Waals surface area (Å²) in [4.78, 5) is 10.8. The van der Waals surface area contributed by atoms with E-state index in [4.69, 9.17) is 16.2 Å². The second-order valence-electron chi connectivity index (χ2n) is 2.89. The Morgan fingerprint density at radius 2 is 2.00 bits per heavy atom. The molecule has 0 amide bonds. The number of hydrogen-bond donors (Lipinski definition) is 2. The maximum absolute atomic E-state index is 10.8. The Hall–Kier alpha value is -1.39. The van der Waals surface area contributed by atoms with Crippen LogP contribution in [0.1, 0.15) is 11.1 Å². The molecule has 0 bridgehead atoms. The molecule has 4 N–H and O–H groups in total. The fourth-order valence-corrected chi connectivity index (χ4v) is 1.07. The first-order valence-electron chi connectivity index (χ1n) is 4.40. The van der Waals surface area contributed by atoms with E-state index in [1.807, 2.05) is 24.3 Å². The second kappa shape index (κ2) is 5.36. The van der Waals surface area contributed by atoms with Gasteiger partial charge in [-0.25, -0.2) is 0 Å². The first-order valence-corrected chi connectivity index (χ1v) is 4.40. The smallest absolute Gasteiger partial charge is 0.320 e. The monoisotopic (exact) mass is 194 g/mol. The van der Waals surface area contributed by atoms with E-state index in [-0.39, 0.29) is 13.2 Å². The lowest BCUT2D eigenvalue weighted by Crippen LogP contribution is -2.16. The molecule has 0 atom stereocenters. The number of ether oxygens (including phenoxy) is 1. The summed E-state index contributed by atoms with van der Waals surface area (Å²) in [6.07, 6.45) is 0. The predicted molar refractivity (Wildman–Crippen MR) is 53.2 cm³/mol. The highest BCUT2D eigenvalue weighted by Crippen LogP contribution is 2.05. The number of hydrogen-bond acceptors (Lipinski definition) is 4. The number of nitrogens with two attached hydrogens (primary N) is 2. The van der Waals surface area contributed by atoms with Crippen molar-refractivity contribution in [2.75, 3.05) is 6.54 Å². The van der Waals surface area contributed by atoms with E-state index in [0.29, 0.717) is 6.54 Å². The van der Waals surface area contributed by atoms with Gasteiger partial charge < -0.3 is 16.2 Å². The van der Waals surface area contributed by atoms with Crippen LogP contribution in [0.4, 0.5) is 0 Å². The summed E-state index contributed by atoms with van der Waals surface area (Å²) >= 11 is 0. The average molecular weight is 194 g/mol. The van der Waals surface area contributed by atoms with Crippen LogP contribution in [0.25, 0.3) is 0 Å². The van der Waals surface area contributed by atoms with Gasteiger partial charge in [-0.1, -0.05) is 24.3 Å². The van der Waals surface area contributed by atoms with E-state index in [1.54, 1.807) is 0 Å². The van der Waals surface area contributed by atoms with Crippen LogP contribution < -0.4 is 11.5 Å². The van der Waals surface area contributed by atoms with Crippen molar-refractivity contribution in [1.82, 2.24) is 0 Å². The van der Waals surface area contributed by atoms with Crippen molar-refractivity contribution in [3.8, 4) is 0 Å². The normalized spacial score (nSPS) is 9.86. The fraction of sp³-hybridized carbons (Fsp3) is 0.300. The lowest BCUT2D eigenvalue weighted by molar-refractivity contribution is -0.143. The Kier molecular flexibility index (Phi) is 4.10. The van der Waals surface area contributed by atoms with Crippen molar-refractivity contribution in [1.29, 1.82) is 0 Å². The van der Waals surface area contributed by atoms with Crippen molar-refractivity contribution < 1.29 is 9.53 Å². The van der Waals surface area contributed by atoms with Crippen molar-refractivity contribution >= 4 is 5.97 Å². The topological polar surface area (TPSA) is 78.3 Å². The van der Waals surface area contributed by atoms with Crippen LogP contribution in [0, 0.1) is 0 Å². The van der Waals surface area contributed by atoms with Gasteiger partial charge in [0.05, 0.1) is 6.54 Å². The van der Waals surface area contributed by atoms with Crippen molar-refractivity contribution in [3.05, 3.63) is 35.4 Å². The molecule has 0 aliphatic heterocycles. The summed E-state index contributed by atoms with van der Waals surface area (Å²) in [5.41, 5.74) is 12.5. The van der Waals surface area contributed by atoms with E-state index in [9.17, 15) is 4.79 Å². The molecule has 0 saturated carbocycles. The molecular formula is C10H14N2O2. The zero-order valence-corrected chi connectivity index (χ0v) is 7.90. The molecule has 0 fully saturated rings. The SMILES string of the molecule is NCC(=O)OCc1cccc(CN)c1. The molecule has 0 heterocycles. The lowest BCUT2D eigenvalue weighted by atomic mass is 10.1. The van der Waals surface area contributed by atoms with Gasteiger partial charge in [0.2, 0.25) is 0 Å². The number of rotatable bonds is 4. The van der Waals surface area contributed by atoms with Gasteiger partial charge in [-0.2, -0.15) is 0 Å². The van der Waals surface area contributed by atoms with E-state index in [1.165, 1.54) is 0 Å². The average Bonchev–Trinajstić information content (AvgIpc) is 2.26. The van der Waals surface area contributed by atoms with Gasteiger partial charge in [-0.15, -0.1) is 0 Å². The summed E-state index contributed by atoms with van der Waals surface area (Å²) in [6.45, 7) is 0.652. The number of carbonyl (C=O) groups is 1. The van der Waals surface area contributed by atoms with Gasteiger partial charge in [0.15, 0.2) is 0 Å². The third kappa shape index (κ3) is 3.16. The van der Waals surface area contributed by atoms with E-state index >= 15 is 0 Å². The van der Waals surface area contributed by atoms with Gasteiger partial charge in [-0.05, 0) is 11.1 Å². The van der Waals surface area contributed by atoms with Gasteiger partial charge in [0, 0.05) is 6.54 Å². The van der Waals surface area contributed by atoms with Gasteiger partial charge >= 0.3 is 5.97 Å². The zero-order valence-electron chi connectivity index (χ0n) is 7.90. The molecule has 0 saturated heterocycles. The maximum Gasteiger partial charge on any atom is 0.320 e. The summed E-state index contributed by atoms with van der Waals surface area (Å²) in [7, 11) is 0. The minimum Gasteiger partial charge on any atom is -0.460 e. The standard InChI is InChI=1S/C10H14N2O2/c11-5-8-2-1-3-9(4-8)7-14-10(13)6-12/h1-4H,5-7,11-12H2. The van der Waals surface area contributed by atoms with Crippen molar-refractivity contribution in [2.45, 2.75) is 13.2 Å². The minimum absolute atomic E-state index is 0.0867. The lowest BCUT2D eigenvalue weighted by Gasteiger charge is -2.04. The Labute approximate surface area is 82.8 Å². The number of benzene rings is 1. The Morgan fingerprint density at radius 3 is 2.64 bits per heavy atom. The molecule has 0 aliphatic carbocycles. The minimum atomic E-state index is -0.400. The molecule has 0 unspecified atom stereocenters. The van der Waals surface area contributed by atoms with E-state index < -0.39 is 5.97 Å². The highest BCUT2D eigenvalue weighted by Gasteiger charge is 2.00. The molecule has 1 aromatic carbocycles. The Morgan fingerprint density at radius 1 is 1.29 bits per heavy atom. The number of carbonyl (C=O) groups excluding carboxylic acids is 1. The highest BCUT2D eigenvalue weighted by molar-refractivity contribution is 5.71. The molecule has 4 nitrogen and oxygen atoms in total. The van der Waals surface area contributed by atoms with Crippen molar-refractivity contribution in [2.24, 2.45) is 11.5 Å². The molecule has 0 radical (unpaired) electrons. The third-order valence-corrected chi connectivity index (χ3v) is 1.79. The quantitative estimate of drug-likeness (QED) is 0.669. The van der Waals surface area contributed by atoms with Crippen LogP contribution >= 0.6 is 0 Å². The summed E-state index contributed by atoms with van der Waals surface area (Å²) < 4.78 is 4.87. The zero-order chi connectivity index (χ0) is 10.4. The second-order valence-corrected chi connectivity index (χ2v) is 2.89. The van der Waals surface area contributed by atoms with Crippen LogP contribution in [0.3, 0.4) is 0 Å². The molecule has 14 heavy (non-hydrogen) atoms. The van der Waals surface area contributed by atoms with Gasteiger partial charge in [0.25, 0.3) is 0 Å². The van der Waals surface area contributed by atoms with Crippen LogP contribution in [0.15, 0.2) is 24.3 Å². The Balaban J connectivity index is 2.54. The summed E-state index contributed by atoms with van der Waals surface area (Å²) in [5.74, 6) is -0.400. The first-order chi connectivity index (χ1) is 6.76. The van der Waals surface area contributed by atoms with Crippen LogP contribution in [0.2, 0.25) is 0 Å². The molecule has 0 aromatic heterocycles. The van der Waals surface area contributed by atoms with E-state index in [0.717, 1.165) is 11.1 Å². The number of esters is 1. The van der Waals surface area contributed by atoms with Gasteiger partial charge in [0.1, 0.15) is 6.61 Å². The maximum atomic E-state index is 10.8. The van der Waals surface area contributed by atoms with Crippen molar-refractivity contribution in [3.63, 3.8) is 0 Å². The first kappa shape index (κ1) is 10.7. The molecule has 4 heteroatoms. The van der Waals surface area contributed by atoms with Crippen LogP contribution in [-0.2, 0) is 22.7 Å². The molecular weight excluding hydrogens is 180 g/mol. The van der Waals surface area contributed by atoms with E-state index in [2.05, 4.69) is 0 Å².